The van der Waals surface area contributed by atoms with Crippen LogP contribution in [0.5, 0.6) is 0 Å². The van der Waals surface area contributed by atoms with Gasteiger partial charge in [0.15, 0.2) is 0 Å². The Morgan fingerprint density at radius 1 is 0.958 bits per heavy atom. The van der Waals surface area contributed by atoms with E-state index >= 15 is 0 Å². The zero-order valence-electron chi connectivity index (χ0n) is 15.0. The molecule has 0 radical (unpaired) electrons. The summed E-state index contributed by atoms with van der Waals surface area (Å²) in [7, 11) is 0. The van der Waals surface area contributed by atoms with Crippen LogP contribution in [0.3, 0.4) is 0 Å². The van der Waals surface area contributed by atoms with Gasteiger partial charge in [0, 0.05) is 39.3 Å². The smallest absolute Gasteiger partial charge is 0.131 e. The quantitative estimate of drug-likeness (QED) is 0.915. The third-order valence-electron chi connectivity index (χ3n) is 6.29. The van der Waals surface area contributed by atoms with Gasteiger partial charge in [-0.3, -0.25) is 0 Å². The fourth-order valence-corrected chi connectivity index (χ4v) is 4.55. The van der Waals surface area contributed by atoms with Crippen LogP contribution in [0.2, 0.25) is 0 Å². The molecule has 3 fully saturated rings. The molecule has 5 nitrogen and oxygen atoms in total. The Balaban J connectivity index is 1.43. The average Bonchev–Trinajstić information content (AvgIpc) is 3.06. The van der Waals surface area contributed by atoms with Crippen molar-refractivity contribution in [1.82, 2.24) is 15.2 Å². The van der Waals surface area contributed by atoms with Crippen molar-refractivity contribution < 1.29 is 0 Å². The number of nitrogens with zero attached hydrogens (tertiary/aromatic N) is 4. The number of hydrogen-bond donors (Lipinski definition) is 1. The van der Waals surface area contributed by atoms with Crippen molar-refractivity contribution in [1.29, 1.82) is 0 Å². The Labute approximate surface area is 146 Å². The van der Waals surface area contributed by atoms with Crippen LogP contribution in [0.4, 0.5) is 11.6 Å². The van der Waals surface area contributed by atoms with E-state index in [0.717, 1.165) is 38.5 Å². The first-order valence-electron chi connectivity index (χ1n) is 9.68. The lowest BCUT2D eigenvalue weighted by Crippen LogP contribution is -2.46. The van der Waals surface area contributed by atoms with Crippen LogP contribution in [0.25, 0.3) is 0 Å². The van der Waals surface area contributed by atoms with E-state index in [-0.39, 0.29) is 0 Å². The first-order chi connectivity index (χ1) is 11.8. The maximum Gasteiger partial charge on any atom is 0.131 e. The van der Waals surface area contributed by atoms with Crippen LogP contribution in [0, 0.1) is 5.41 Å². The minimum absolute atomic E-state index is 0.537. The highest BCUT2D eigenvalue weighted by atomic mass is 15.3. The maximum atomic E-state index is 5.02. The molecule has 1 aromatic rings. The number of hydrogen-bond acceptors (Lipinski definition) is 5. The standard InChI is InChI=1S/C19H31N5/c1-2-22-12-14-23(15-13-22)17-4-3-5-18(21-17)24-11-8-19(16-24)6-9-20-10-7-19/h3-5,20H,2,6-16H2,1H3. The van der Waals surface area contributed by atoms with Gasteiger partial charge in [0.25, 0.3) is 0 Å². The van der Waals surface area contributed by atoms with Gasteiger partial charge in [-0.15, -0.1) is 0 Å². The molecule has 1 spiro atoms. The Bertz CT molecular complexity index is 546. The number of aromatic nitrogens is 1. The molecule has 4 rings (SSSR count). The second-order valence-electron chi connectivity index (χ2n) is 7.70. The second-order valence-corrected chi connectivity index (χ2v) is 7.70. The predicted molar refractivity (Wildman–Crippen MR) is 99.9 cm³/mol. The molecule has 0 atom stereocenters. The van der Waals surface area contributed by atoms with Gasteiger partial charge in [-0.2, -0.15) is 0 Å². The lowest BCUT2D eigenvalue weighted by atomic mass is 9.78. The predicted octanol–water partition coefficient (Wildman–Crippen LogP) is 1.80. The lowest BCUT2D eigenvalue weighted by Gasteiger charge is -2.35. The third-order valence-corrected chi connectivity index (χ3v) is 6.29. The van der Waals surface area contributed by atoms with Gasteiger partial charge in [-0.25, -0.2) is 4.98 Å². The number of piperazine rings is 1. The molecule has 1 N–H and O–H groups in total. The Hall–Kier alpha value is -1.33. The topological polar surface area (TPSA) is 34.6 Å². The summed E-state index contributed by atoms with van der Waals surface area (Å²) in [4.78, 5) is 12.5. The molecule has 0 saturated carbocycles. The second kappa shape index (κ2) is 6.89. The Kier molecular flexibility index (Phi) is 4.63. The SMILES string of the molecule is CCN1CCN(c2cccc(N3CCC4(CCNCC4)C3)n2)CC1. The van der Waals surface area contributed by atoms with E-state index in [1.54, 1.807) is 0 Å². The minimum Gasteiger partial charge on any atom is -0.356 e. The molecule has 3 aliphatic rings. The van der Waals surface area contributed by atoms with Crippen molar-refractivity contribution in [2.45, 2.75) is 26.2 Å². The van der Waals surface area contributed by atoms with E-state index in [4.69, 9.17) is 4.98 Å². The molecule has 5 heteroatoms. The molecule has 24 heavy (non-hydrogen) atoms. The van der Waals surface area contributed by atoms with E-state index in [2.05, 4.69) is 45.1 Å². The largest absolute Gasteiger partial charge is 0.356 e. The molecule has 0 aromatic carbocycles. The van der Waals surface area contributed by atoms with E-state index in [0.29, 0.717) is 5.41 Å². The summed E-state index contributed by atoms with van der Waals surface area (Å²) in [5.41, 5.74) is 0.537. The van der Waals surface area contributed by atoms with Gasteiger partial charge in [-0.05, 0) is 56.4 Å². The average molecular weight is 329 g/mol. The lowest BCUT2D eigenvalue weighted by molar-refractivity contribution is 0.232. The van der Waals surface area contributed by atoms with Crippen LogP contribution >= 0.6 is 0 Å². The summed E-state index contributed by atoms with van der Waals surface area (Å²) in [6.45, 7) is 12.6. The van der Waals surface area contributed by atoms with Gasteiger partial charge >= 0.3 is 0 Å². The summed E-state index contributed by atoms with van der Waals surface area (Å²) >= 11 is 0. The highest BCUT2D eigenvalue weighted by Gasteiger charge is 2.39. The fraction of sp³-hybridized carbons (Fsp3) is 0.737. The number of anilines is 2. The summed E-state index contributed by atoms with van der Waals surface area (Å²) < 4.78 is 0. The summed E-state index contributed by atoms with van der Waals surface area (Å²) in [6.07, 6.45) is 3.97. The number of likely N-dealkylation sites (N-methyl/N-ethyl adjacent to an activating group) is 1. The van der Waals surface area contributed by atoms with E-state index < -0.39 is 0 Å². The summed E-state index contributed by atoms with van der Waals surface area (Å²) in [5.74, 6) is 2.34. The number of rotatable bonds is 3. The van der Waals surface area contributed by atoms with Crippen LogP contribution < -0.4 is 15.1 Å². The van der Waals surface area contributed by atoms with Crippen molar-refractivity contribution in [3.05, 3.63) is 18.2 Å². The molecule has 132 valence electrons. The Morgan fingerprint density at radius 3 is 2.38 bits per heavy atom. The van der Waals surface area contributed by atoms with Crippen molar-refractivity contribution in [3.8, 4) is 0 Å². The fourth-order valence-electron chi connectivity index (χ4n) is 4.55. The zero-order valence-corrected chi connectivity index (χ0v) is 15.0. The summed E-state index contributed by atoms with van der Waals surface area (Å²) in [5, 5.41) is 3.51. The van der Waals surface area contributed by atoms with Gasteiger partial charge in [0.1, 0.15) is 11.6 Å². The van der Waals surface area contributed by atoms with Gasteiger partial charge in [-0.1, -0.05) is 13.0 Å². The monoisotopic (exact) mass is 329 g/mol. The number of nitrogens with one attached hydrogen (secondary N) is 1. The van der Waals surface area contributed by atoms with Crippen molar-refractivity contribution in [3.63, 3.8) is 0 Å². The molecule has 0 bridgehead atoms. The highest BCUT2D eigenvalue weighted by molar-refractivity contribution is 5.50. The molecule has 3 saturated heterocycles. The van der Waals surface area contributed by atoms with E-state index in [1.165, 1.54) is 51.3 Å². The molecule has 3 aliphatic heterocycles. The maximum absolute atomic E-state index is 5.02. The molecule has 1 aromatic heterocycles. The number of pyridine rings is 1. The molecular weight excluding hydrogens is 298 g/mol. The van der Waals surface area contributed by atoms with Crippen molar-refractivity contribution in [2.75, 3.05) is 68.7 Å². The molecule has 0 amide bonds. The van der Waals surface area contributed by atoms with Gasteiger partial charge in [0.05, 0.1) is 0 Å². The van der Waals surface area contributed by atoms with Gasteiger partial charge in [0.2, 0.25) is 0 Å². The molecule has 0 aliphatic carbocycles. The highest BCUT2D eigenvalue weighted by Crippen LogP contribution is 2.40. The normalized spacial score (nSPS) is 24.7. The third kappa shape index (κ3) is 3.24. The van der Waals surface area contributed by atoms with Gasteiger partial charge < -0.3 is 20.0 Å². The van der Waals surface area contributed by atoms with Crippen molar-refractivity contribution >= 4 is 11.6 Å². The van der Waals surface area contributed by atoms with Crippen LogP contribution in [0.15, 0.2) is 18.2 Å². The first-order valence-corrected chi connectivity index (χ1v) is 9.68. The van der Waals surface area contributed by atoms with Crippen LogP contribution in [0.1, 0.15) is 26.2 Å². The molecule has 4 heterocycles. The number of piperidine rings is 1. The van der Waals surface area contributed by atoms with E-state index in [9.17, 15) is 0 Å². The minimum atomic E-state index is 0.537. The zero-order chi connectivity index (χ0) is 16.4. The van der Waals surface area contributed by atoms with E-state index in [1.807, 2.05) is 0 Å². The molecular formula is C19H31N5. The van der Waals surface area contributed by atoms with Crippen molar-refractivity contribution in [2.24, 2.45) is 5.41 Å². The van der Waals surface area contributed by atoms with Crippen LogP contribution in [-0.2, 0) is 0 Å². The molecule has 0 unspecified atom stereocenters. The summed E-state index contributed by atoms with van der Waals surface area (Å²) in [6, 6.07) is 6.57. The van der Waals surface area contributed by atoms with Crippen LogP contribution in [-0.4, -0.2) is 68.8 Å². The Morgan fingerprint density at radius 2 is 1.67 bits per heavy atom. The first kappa shape index (κ1) is 16.2.